The van der Waals surface area contributed by atoms with E-state index < -0.39 is 5.79 Å². The predicted molar refractivity (Wildman–Crippen MR) is 139 cm³/mol. The Bertz CT molecular complexity index is 1330. The molecule has 3 aromatic heterocycles. The molecule has 2 amide bonds. The van der Waals surface area contributed by atoms with Crippen molar-refractivity contribution in [2.75, 3.05) is 41.4 Å². The first kappa shape index (κ1) is 23.6. The fourth-order valence-electron chi connectivity index (χ4n) is 5.11. The number of aromatic nitrogens is 3. The molecule has 1 N–H and O–H groups in total. The Labute approximate surface area is 215 Å². The van der Waals surface area contributed by atoms with Crippen LogP contribution in [0.15, 0.2) is 48.8 Å². The first-order valence-electron chi connectivity index (χ1n) is 12.5. The number of hydrogen-bond acceptors (Lipinski definition) is 8. The number of ether oxygens (including phenoxy) is 3. The van der Waals surface area contributed by atoms with Crippen molar-refractivity contribution in [3.05, 3.63) is 54.5 Å². The van der Waals surface area contributed by atoms with E-state index in [0.29, 0.717) is 30.6 Å². The average Bonchev–Trinajstić information content (AvgIpc) is 3.46. The zero-order chi connectivity index (χ0) is 25.6. The first-order valence-corrected chi connectivity index (χ1v) is 12.5. The summed E-state index contributed by atoms with van der Waals surface area (Å²) < 4.78 is 17.2. The van der Waals surface area contributed by atoms with Crippen LogP contribution in [0.1, 0.15) is 26.0 Å². The lowest BCUT2D eigenvalue weighted by Crippen LogP contribution is -2.48. The third kappa shape index (κ3) is 4.82. The van der Waals surface area contributed by atoms with Crippen LogP contribution in [0.5, 0.6) is 5.88 Å². The van der Waals surface area contributed by atoms with Gasteiger partial charge in [-0.2, -0.15) is 0 Å². The Morgan fingerprint density at radius 1 is 1.19 bits per heavy atom. The molecular weight excluding hydrogens is 472 g/mol. The number of fused-ring (bicyclic) bond motifs is 4. The maximum absolute atomic E-state index is 13.6. The van der Waals surface area contributed by atoms with Crippen molar-refractivity contribution in [3.8, 4) is 17.1 Å². The second kappa shape index (κ2) is 9.28. The standard InChI is InChI=1S/C27H30N6O4/c1-17-12-18(6-9-28-17)22-4-5-23-25(31-22)33(20-8-11-32(23)14-20)26(34)30-19-7-10-29-24(13-19)35-15-21-16-36-27(2,3)37-21/h4-7,9-10,12-13,20-21H,8,11,14-16H2,1-3H3,(H,29,30,34)/t20?,21-/m1/s1. The molecule has 3 aromatic rings. The molecule has 0 aliphatic carbocycles. The molecule has 192 valence electrons. The summed E-state index contributed by atoms with van der Waals surface area (Å²) in [5, 5.41) is 3.03. The molecule has 2 saturated heterocycles. The number of nitrogens with one attached hydrogen (secondary N) is 1. The fraction of sp³-hybridized carbons (Fsp3) is 0.407. The zero-order valence-corrected chi connectivity index (χ0v) is 21.2. The van der Waals surface area contributed by atoms with E-state index in [1.807, 2.05) is 39.0 Å². The van der Waals surface area contributed by atoms with Crippen molar-refractivity contribution in [2.24, 2.45) is 0 Å². The molecule has 1 unspecified atom stereocenters. The van der Waals surface area contributed by atoms with E-state index >= 15 is 0 Å². The van der Waals surface area contributed by atoms with Crippen molar-refractivity contribution in [2.45, 2.75) is 45.1 Å². The van der Waals surface area contributed by atoms with E-state index in [2.05, 4.69) is 26.3 Å². The molecule has 37 heavy (non-hydrogen) atoms. The number of nitrogens with zero attached hydrogens (tertiary/aromatic N) is 5. The minimum atomic E-state index is -0.609. The number of aryl methyl sites for hydroxylation is 1. The highest BCUT2D eigenvalue weighted by Gasteiger charge is 2.40. The molecule has 3 aliphatic rings. The molecule has 0 saturated carbocycles. The highest BCUT2D eigenvalue weighted by molar-refractivity contribution is 6.04. The number of rotatable bonds is 5. The van der Waals surface area contributed by atoms with Crippen LogP contribution in [0.2, 0.25) is 0 Å². The summed E-state index contributed by atoms with van der Waals surface area (Å²) in [6.07, 6.45) is 4.11. The molecule has 10 nitrogen and oxygen atoms in total. The van der Waals surface area contributed by atoms with E-state index in [4.69, 9.17) is 19.2 Å². The summed E-state index contributed by atoms with van der Waals surface area (Å²) >= 11 is 0. The summed E-state index contributed by atoms with van der Waals surface area (Å²) in [5.74, 6) is 0.470. The number of amides is 2. The van der Waals surface area contributed by atoms with E-state index in [1.165, 1.54) is 0 Å². The largest absolute Gasteiger partial charge is 0.475 e. The second-order valence-electron chi connectivity index (χ2n) is 10.1. The molecule has 0 aromatic carbocycles. The van der Waals surface area contributed by atoms with E-state index in [0.717, 1.165) is 42.1 Å². The molecule has 2 atom stereocenters. The predicted octanol–water partition coefficient (Wildman–Crippen LogP) is 4.01. The lowest BCUT2D eigenvalue weighted by Gasteiger charge is -2.36. The number of urea groups is 1. The van der Waals surface area contributed by atoms with Crippen molar-refractivity contribution in [1.82, 2.24) is 15.0 Å². The molecular formula is C27H30N6O4. The van der Waals surface area contributed by atoms with Crippen LogP contribution in [0.3, 0.4) is 0 Å². The van der Waals surface area contributed by atoms with Gasteiger partial charge in [-0.05, 0) is 57.5 Å². The summed E-state index contributed by atoms with van der Waals surface area (Å²) in [4.78, 5) is 31.2. The van der Waals surface area contributed by atoms with Gasteiger partial charge < -0.3 is 24.4 Å². The van der Waals surface area contributed by atoms with Crippen molar-refractivity contribution in [1.29, 1.82) is 0 Å². The second-order valence-corrected chi connectivity index (χ2v) is 10.1. The van der Waals surface area contributed by atoms with E-state index in [-0.39, 0.29) is 18.2 Å². The highest BCUT2D eigenvalue weighted by atomic mass is 16.7. The Hall–Kier alpha value is -3.76. The van der Waals surface area contributed by atoms with Gasteiger partial charge in [-0.15, -0.1) is 0 Å². The van der Waals surface area contributed by atoms with Crippen LogP contribution in [-0.4, -0.2) is 65.2 Å². The van der Waals surface area contributed by atoms with Gasteiger partial charge in [0, 0.05) is 48.5 Å². The summed E-state index contributed by atoms with van der Waals surface area (Å²) in [6, 6.07) is 11.3. The normalized spacial score (nSPS) is 21.6. The number of carbonyl (C=O) groups excluding carboxylic acids is 1. The quantitative estimate of drug-likeness (QED) is 0.559. The van der Waals surface area contributed by atoms with Gasteiger partial charge in [0.05, 0.1) is 24.0 Å². The maximum Gasteiger partial charge on any atom is 0.327 e. The molecule has 3 aliphatic heterocycles. The lowest BCUT2D eigenvalue weighted by atomic mass is 10.1. The molecule has 2 bridgehead atoms. The van der Waals surface area contributed by atoms with E-state index in [1.54, 1.807) is 29.4 Å². The smallest absolute Gasteiger partial charge is 0.327 e. The van der Waals surface area contributed by atoms with Gasteiger partial charge in [0.15, 0.2) is 11.6 Å². The third-order valence-corrected chi connectivity index (χ3v) is 6.83. The van der Waals surface area contributed by atoms with Gasteiger partial charge in [-0.25, -0.2) is 14.8 Å². The van der Waals surface area contributed by atoms with Gasteiger partial charge in [-0.3, -0.25) is 9.88 Å². The SMILES string of the molecule is Cc1cc(-c2ccc3c(n2)N(C(=O)Nc2ccnc(OC[C@@H]4COC(C)(C)O4)c2)C2CCN3C2)ccn1. The Kier molecular flexibility index (Phi) is 5.92. The molecule has 0 radical (unpaired) electrons. The number of anilines is 3. The van der Waals surface area contributed by atoms with Crippen LogP contribution in [0.4, 0.5) is 22.0 Å². The van der Waals surface area contributed by atoms with Crippen molar-refractivity contribution < 1.29 is 19.0 Å². The number of hydrogen-bond donors (Lipinski definition) is 1. The molecule has 0 spiro atoms. The number of pyridine rings is 3. The minimum absolute atomic E-state index is 0.0508. The van der Waals surface area contributed by atoms with Gasteiger partial charge in [0.2, 0.25) is 5.88 Å². The molecule has 10 heteroatoms. The molecule has 6 heterocycles. The first-order chi connectivity index (χ1) is 17.8. The Morgan fingerprint density at radius 3 is 2.86 bits per heavy atom. The molecule has 2 fully saturated rings. The third-order valence-electron chi connectivity index (χ3n) is 6.83. The number of carbonyl (C=O) groups is 1. The van der Waals surface area contributed by atoms with E-state index in [9.17, 15) is 4.79 Å². The highest BCUT2D eigenvalue weighted by Crippen LogP contribution is 2.40. The summed E-state index contributed by atoms with van der Waals surface area (Å²) in [7, 11) is 0. The Morgan fingerprint density at radius 2 is 2.05 bits per heavy atom. The maximum atomic E-state index is 13.6. The van der Waals surface area contributed by atoms with Crippen LogP contribution in [0, 0.1) is 6.92 Å². The van der Waals surface area contributed by atoms with Crippen LogP contribution >= 0.6 is 0 Å². The van der Waals surface area contributed by atoms with Crippen molar-refractivity contribution in [3.63, 3.8) is 0 Å². The van der Waals surface area contributed by atoms with Gasteiger partial charge in [-0.1, -0.05) is 0 Å². The van der Waals surface area contributed by atoms with Gasteiger partial charge >= 0.3 is 6.03 Å². The fourth-order valence-corrected chi connectivity index (χ4v) is 5.11. The van der Waals surface area contributed by atoms with Crippen LogP contribution in [0.25, 0.3) is 11.3 Å². The summed E-state index contributed by atoms with van der Waals surface area (Å²) in [5.41, 5.74) is 4.27. The zero-order valence-electron chi connectivity index (χ0n) is 21.2. The van der Waals surface area contributed by atoms with Crippen LogP contribution in [-0.2, 0) is 9.47 Å². The lowest BCUT2D eigenvalue weighted by molar-refractivity contribution is -0.141. The summed E-state index contributed by atoms with van der Waals surface area (Å²) in [6.45, 7) is 8.17. The average molecular weight is 503 g/mol. The van der Waals surface area contributed by atoms with Gasteiger partial charge in [0.1, 0.15) is 12.7 Å². The van der Waals surface area contributed by atoms with Crippen molar-refractivity contribution >= 4 is 23.2 Å². The monoisotopic (exact) mass is 502 g/mol. The topological polar surface area (TPSA) is 102 Å². The van der Waals surface area contributed by atoms with Crippen LogP contribution < -0.4 is 19.9 Å². The Balaban J connectivity index is 1.21. The van der Waals surface area contributed by atoms with Gasteiger partial charge in [0.25, 0.3) is 0 Å². The molecule has 6 rings (SSSR count). The minimum Gasteiger partial charge on any atom is -0.475 e.